The highest BCUT2D eigenvalue weighted by molar-refractivity contribution is 9.10. The van der Waals surface area contributed by atoms with Crippen molar-refractivity contribution in [1.82, 2.24) is 0 Å². The van der Waals surface area contributed by atoms with Gasteiger partial charge < -0.3 is 9.47 Å². The van der Waals surface area contributed by atoms with Crippen LogP contribution < -0.4 is 9.47 Å². The smallest absolute Gasteiger partial charge is 0.349 e. The molecule has 2 rings (SSSR count). The molecule has 2 aromatic carbocycles. The van der Waals surface area contributed by atoms with Crippen molar-refractivity contribution < 1.29 is 18.7 Å². The summed E-state index contributed by atoms with van der Waals surface area (Å²) in [5.41, 5.74) is 0. The van der Waals surface area contributed by atoms with Gasteiger partial charge in [-0.15, -0.1) is 0 Å². The summed E-state index contributed by atoms with van der Waals surface area (Å²) >= 11 is 3.28. The van der Waals surface area contributed by atoms with Gasteiger partial charge in [0.05, 0.1) is 0 Å². The second-order valence-corrected chi connectivity index (χ2v) is 4.59. The molecule has 0 aliphatic carbocycles. The maximum atomic E-state index is 12.7. The third-order valence-electron chi connectivity index (χ3n) is 2.22. The number of rotatable bonds is 4. The van der Waals surface area contributed by atoms with Crippen LogP contribution in [0, 0.1) is 5.82 Å². The van der Waals surface area contributed by atoms with Gasteiger partial charge >= 0.3 is 5.97 Å². The van der Waals surface area contributed by atoms with E-state index in [1.807, 2.05) is 0 Å². The van der Waals surface area contributed by atoms with Crippen molar-refractivity contribution in [2.24, 2.45) is 0 Å². The van der Waals surface area contributed by atoms with Crippen LogP contribution in [0.5, 0.6) is 11.5 Å². The second-order valence-electron chi connectivity index (χ2n) is 3.67. The molecule has 0 radical (unpaired) electrons. The highest BCUT2D eigenvalue weighted by Gasteiger charge is 2.06. The van der Waals surface area contributed by atoms with Crippen LogP contribution in [0.4, 0.5) is 4.39 Å². The molecular formula is C14H10BrFO3. The van der Waals surface area contributed by atoms with E-state index in [9.17, 15) is 9.18 Å². The van der Waals surface area contributed by atoms with E-state index in [1.54, 1.807) is 24.3 Å². The minimum absolute atomic E-state index is 0.234. The van der Waals surface area contributed by atoms with E-state index in [4.69, 9.17) is 9.47 Å². The van der Waals surface area contributed by atoms with E-state index in [-0.39, 0.29) is 12.4 Å². The molecule has 0 fully saturated rings. The van der Waals surface area contributed by atoms with Gasteiger partial charge in [0.15, 0.2) is 6.61 Å². The maximum Gasteiger partial charge on any atom is 0.349 e. The SMILES string of the molecule is O=C(COc1ccc(F)cc1)Oc1ccc(Br)cc1. The Morgan fingerprint density at radius 2 is 1.58 bits per heavy atom. The van der Waals surface area contributed by atoms with Crippen LogP contribution >= 0.6 is 15.9 Å². The van der Waals surface area contributed by atoms with E-state index in [0.717, 1.165) is 4.47 Å². The van der Waals surface area contributed by atoms with Gasteiger partial charge in [0.1, 0.15) is 17.3 Å². The fourth-order valence-corrected chi connectivity index (χ4v) is 1.60. The van der Waals surface area contributed by atoms with Crippen LogP contribution in [0.2, 0.25) is 0 Å². The Balaban J connectivity index is 1.84. The Morgan fingerprint density at radius 3 is 2.21 bits per heavy atom. The first-order valence-electron chi connectivity index (χ1n) is 5.48. The molecule has 0 spiro atoms. The number of ether oxygens (including phenoxy) is 2. The molecule has 0 aliphatic rings. The van der Waals surface area contributed by atoms with E-state index >= 15 is 0 Å². The molecule has 0 aliphatic heterocycles. The number of carbonyl (C=O) groups excluding carboxylic acids is 1. The standard InChI is InChI=1S/C14H10BrFO3/c15-10-1-5-13(6-2-10)19-14(17)9-18-12-7-3-11(16)4-8-12/h1-8H,9H2. The summed E-state index contributed by atoms with van der Waals surface area (Å²) in [5, 5.41) is 0. The zero-order chi connectivity index (χ0) is 13.7. The minimum Gasteiger partial charge on any atom is -0.482 e. The Bertz CT molecular complexity index is 552. The summed E-state index contributed by atoms with van der Waals surface area (Å²) in [6, 6.07) is 12.3. The first kappa shape index (κ1) is 13.5. The molecule has 2 aromatic rings. The number of benzene rings is 2. The Kier molecular flexibility index (Phi) is 4.52. The van der Waals surface area contributed by atoms with Crippen LogP contribution in [0.3, 0.4) is 0 Å². The van der Waals surface area contributed by atoms with Crippen LogP contribution in [0.1, 0.15) is 0 Å². The van der Waals surface area contributed by atoms with Gasteiger partial charge in [-0.3, -0.25) is 0 Å². The van der Waals surface area contributed by atoms with E-state index in [1.165, 1.54) is 24.3 Å². The molecule has 5 heteroatoms. The predicted molar refractivity (Wildman–Crippen MR) is 71.7 cm³/mol. The average molecular weight is 325 g/mol. The molecular weight excluding hydrogens is 315 g/mol. The van der Waals surface area contributed by atoms with Crippen molar-refractivity contribution in [3.8, 4) is 11.5 Å². The summed E-state index contributed by atoms with van der Waals surface area (Å²) in [6.07, 6.45) is 0. The molecule has 98 valence electrons. The molecule has 0 atom stereocenters. The third-order valence-corrected chi connectivity index (χ3v) is 2.74. The maximum absolute atomic E-state index is 12.7. The van der Waals surface area contributed by atoms with Crippen molar-refractivity contribution in [2.45, 2.75) is 0 Å². The number of esters is 1. The monoisotopic (exact) mass is 324 g/mol. The molecule has 0 bridgehead atoms. The van der Waals surface area contributed by atoms with Crippen LogP contribution in [0.15, 0.2) is 53.0 Å². The average Bonchev–Trinajstić information content (AvgIpc) is 2.41. The first-order valence-corrected chi connectivity index (χ1v) is 6.27. The third kappa shape index (κ3) is 4.37. The van der Waals surface area contributed by atoms with Crippen LogP contribution in [-0.4, -0.2) is 12.6 Å². The van der Waals surface area contributed by atoms with E-state index < -0.39 is 5.97 Å². The normalized spacial score (nSPS) is 10.0. The van der Waals surface area contributed by atoms with E-state index in [0.29, 0.717) is 11.5 Å². The fourth-order valence-electron chi connectivity index (χ4n) is 1.34. The first-order chi connectivity index (χ1) is 9.13. The van der Waals surface area contributed by atoms with Gasteiger partial charge in [0.25, 0.3) is 0 Å². The lowest BCUT2D eigenvalue weighted by Gasteiger charge is -2.06. The van der Waals surface area contributed by atoms with Crippen molar-refractivity contribution in [2.75, 3.05) is 6.61 Å². The molecule has 0 unspecified atom stereocenters. The Morgan fingerprint density at radius 1 is 1.00 bits per heavy atom. The molecule has 0 N–H and O–H groups in total. The number of hydrogen-bond acceptors (Lipinski definition) is 3. The van der Waals surface area contributed by atoms with Crippen molar-refractivity contribution >= 4 is 21.9 Å². The van der Waals surface area contributed by atoms with Gasteiger partial charge in [-0.05, 0) is 48.5 Å². The molecule has 19 heavy (non-hydrogen) atoms. The second kappa shape index (κ2) is 6.33. The summed E-state index contributed by atoms with van der Waals surface area (Å²) in [4.78, 5) is 11.5. The Hall–Kier alpha value is -1.88. The zero-order valence-electron chi connectivity index (χ0n) is 9.81. The van der Waals surface area contributed by atoms with E-state index in [2.05, 4.69) is 15.9 Å². The lowest BCUT2D eigenvalue weighted by Crippen LogP contribution is -2.17. The molecule has 0 heterocycles. The number of hydrogen-bond donors (Lipinski definition) is 0. The van der Waals surface area contributed by atoms with Gasteiger partial charge in [-0.2, -0.15) is 0 Å². The molecule has 0 amide bonds. The Labute approximate surface area is 118 Å². The lowest BCUT2D eigenvalue weighted by atomic mass is 10.3. The predicted octanol–water partition coefficient (Wildman–Crippen LogP) is 3.57. The van der Waals surface area contributed by atoms with Crippen molar-refractivity contribution in [3.05, 3.63) is 58.8 Å². The molecule has 0 saturated carbocycles. The number of carbonyl (C=O) groups is 1. The van der Waals surface area contributed by atoms with Gasteiger partial charge in [-0.1, -0.05) is 15.9 Å². The molecule has 3 nitrogen and oxygen atoms in total. The molecule has 0 saturated heterocycles. The topological polar surface area (TPSA) is 35.5 Å². The lowest BCUT2D eigenvalue weighted by molar-refractivity contribution is -0.136. The van der Waals surface area contributed by atoms with Crippen LogP contribution in [-0.2, 0) is 4.79 Å². The van der Waals surface area contributed by atoms with Crippen molar-refractivity contribution in [1.29, 1.82) is 0 Å². The largest absolute Gasteiger partial charge is 0.482 e. The van der Waals surface area contributed by atoms with Gasteiger partial charge in [0, 0.05) is 4.47 Å². The fraction of sp³-hybridized carbons (Fsp3) is 0.0714. The summed E-state index contributed by atoms with van der Waals surface area (Å²) in [5.74, 6) is -0.0264. The summed E-state index contributed by atoms with van der Waals surface area (Å²) in [6.45, 7) is -0.234. The van der Waals surface area contributed by atoms with Gasteiger partial charge in [-0.25, -0.2) is 9.18 Å². The quantitative estimate of drug-likeness (QED) is 0.637. The zero-order valence-corrected chi connectivity index (χ0v) is 11.4. The summed E-state index contributed by atoms with van der Waals surface area (Å²) < 4.78 is 23.8. The summed E-state index contributed by atoms with van der Waals surface area (Å²) in [7, 11) is 0. The van der Waals surface area contributed by atoms with Crippen molar-refractivity contribution in [3.63, 3.8) is 0 Å². The molecule has 0 aromatic heterocycles. The van der Waals surface area contributed by atoms with Crippen LogP contribution in [0.25, 0.3) is 0 Å². The minimum atomic E-state index is -0.522. The highest BCUT2D eigenvalue weighted by Crippen LogP contribution is 2.16. The number of halogens is 2. The highest BCUT2D eigenvalue weighted by atomic mass is 79.9. The van der Waals surface area contributed by atoms with Gasteiger partial charge in [0.2, 0.25) is 0 Å².